The van der Waals surface area contributed by atoms with E-state index in [0.29, 0.717) is 42.4 Å². The lowest BCUT2D eigenvalue weighted by Crippen LogP contribution is -2.31. The highest BCUT2D eigenvalue weighted by molar-refractivity contribution is 6.08. The molecule has 2 amide bonds. The molecule has 0 spiro atoms. The van der Waals surface area contributed by atoms with Gasteiger partial charge in [-0.25, -0.2) is 0 Å². The van der Waals surface area contributed by atoms with E-state index in [-0.39, 0.29) is 17.6 Å². The van der Waals surface area contributed by atoms with E-state index >= 15 is 0 Å². The third-order valence-corrected chi connectivity index (χ3v) is 4.65. The summed E-state index contributed by atoms with van der Waals surface area (Å²) in [5.74, 6) is 0.600. The van der Waals surface area contributed by atoms with Gasteiger partial charge in [0.25, 0.3) is 11.8 Å². The van der Waals surface area contributed by atoms with E-state index in [9.17, 15) is 9.59 Å². The van der Waals surface area contributed by atoms with Gasteiger partial charge in [-0.3, -0.25) is 9.59 Å². The number of amides is 2. The summed E-state index contributed by atoms with van der Waals surface area (Å²) in [4.78, 5) is 27.2. The van der Waals surface area contributed by atoms with E-state index in [2.05, 4.69) is 5.32 Å². The van der Waals surface area contributed by atoms with E-state index in [1.807, 2.05) is 0 Å². The Labute approximate surface area is 157 Å². The van der Waals surface area contributed by atoms with Crippen LogP contribution in [0.25, 0.3) is 0 Å². The summed E-state index contributed by atoms with van der Waals surface area (Å²) in [7, 11) is 2.98. The van der Waals surface area contributed by atoms with Gasteiger partial charge in [-0.15, -0.1) is 0 Å². The van der Waals surface area contributed by atoms with Crippen LogP contribution in [0.15, 0.2) is 34.9 Å². The summed E-state index contributed by atoms with van der Waals surface area (Å²) < 4.78 is 15.7. The second-order valence-corrected chi connectivity index (χ2v) is 6.33. The van der Waals surface area contributed by atoms with Gasteiger partial charge >= 0.3 is 0 Å². The predicted octanol–water partition coefficient (Wildman–Crippen LogP) is 1.97. The van der Waals surface area contributed by atoms with Crippen LogP contribution in [0.3, 0.4) is 0 Å². The smallest absolute Gasteiger partial charge is 0.291 e. The number of likely N-dealkylation sites (tertiary alicyclic amines) is 1. The molecule has 1 atom stereocenters. The number of anilines is 1. The SMILES string of the molecule is COc1cc(NC(=O)c2ccco2)c(C(=O)N2CCC(CN)C2)cc1OC. The number of nitrogens with two attached hydrogens (primary N) is 1. The van der Waals surface area contributed by atoms with Gasteiger partial charge in [0.1, 0.15) is 0 Å². The first-order chi connectivity index (χ1) is 13.1. The van der Waals surface area contributed by atoms with Crippen LogP contribution in [-0.2, 0) is 0 Å². The molecule has 8 nitrogen and oxygen atoms in total. The molecule has 2 aromatic rings. The van der Waals surface area contributed by atoms with E-state index < -0.39 is 5.91 Å². The van der Waals surface area contributed by atoms with E-state index in [0.717, 1.165) is 6.42 Å². The number of rotatable bonds is 6. The Hall–Kier alpha value is -3.00. The lowest BCUT2D eigenvalue weighted by Gasteiger charge is -2.20. The molecule has 0 saturated carbocycles. The van der Waals surface area contributed by atoms with Crippen molar-refractivity contribution in [3.8, 4) is 11.5 Å². The molecule has 3 N–H and O–H groups in total. The molecule has 0 bridgehead atoms. The lowest BCUT2D eigenvalue weighted by atomic mass is 10.1. The molecular weight excluding hydrogens is 350 g/mol. The normalized spacial score (nSPS) is 16.3. The Morgan fingerprint density at radius 3 is 2.63 bits per heavy atom. The Morgan fingerprint density at radius 1 is 1.30 bits per heavy atom. The number of ether oxygens (including phenoxy) is 2. The van der Waals surface area contributed by atoms with Crippen LogP contribution in [-0.4, -0.2) is 50.6 Å². The highest BCUT2D eigenvalue weighted by Gasteiger charge is 2.29. The number of methoxy groups -OCH3 is 2. The average molecular weight is 373 g/mol. The molecule has 1 aromatic heterocycles. The minimum absolute atomic E-state index is 0.146. The molecule has 8 heteroatoms. The van der Waals surface area contributed by atoms with Crippen LogP contribution in [0.4, 0.5) is 5.69 Å². The molecule has 0 radical (unpaired) electrons. The zero-order valence-corrected chi connectivity index (χ0v) is 15.4. The number of benzene rings is 1. The van der Waals surface area contributed by atoms with Gasteiger partial charge in [-0.2, -0.15) is 0 Å². The summed E-state index contributed by atoms with van der Waals surface area (Å²) in [5.41, 5.74) is 6.38. The number of nitrogens with one attached hydrogen (secondary N) is 1. The summed E-state index contributed by atoms with van der Waals surface area (Å²) in [6, 6.07) is 6.31. The Morgan fingerprint density at radius 2 is 2.04 bits per heavy atom. The van der Waals surface area contributed by atoms with Gasteiger partial charge in [0.2, 0.25) is 0 Å². The first-order valence-corrected chi connectivity index (χ1v) is 8.67. The fourth-order valence-electron chi connectivity index (χ4n) is 3.13. The van der Waals surface area contributed by atoms with Crippen LogP contribution < -0.4 is 20.5 Å². The van der Waals surface area contributed by atoms with Gasteiger partial charge in [0.15, 0.2) is 17.3 Å². The third-order valence-electron chi connectivity index (χ3n) is 4.65. The number of furan rings is 1. The highest BCUT2D eigenvalue weighted by Crippen LogP contribution is 2.35. The monoisotopic (exact) mass is 373 g/mol. The Kier molecular flexibility index (Phi) is 5.66. The fraction of sp³-hybridized carbons (Fsp3) is 0.368. The fourth-order valence-corrected chi connectivity index (χ4v) is 3.13. The number of hydrogen-bond donors (Lipinski definition) is 2. The van der Waals surface area contributed by atoms with Crippen LogP contribution in [0.1, 0.15) is 27.3 Å². The Balaban J connectivity index is 1.94. The molecule has 2 heterocycles. The van der Waals surface area contributed by atoms with Crippen molar-refractivity contribution in [3.63, 3.8) is 0 Å². The van der Waals surface area contributed by atoms with Crippen molar-refractivity contribution in [3.05, 3.63) is 41.9 Å². The standard InChI is InChI=1S/C19H23N3O5/c1-25-16-8-13(19(24)22-6-5-12(10-20)11-22)14(9-17(16)26-2)21-18(23)15-4-3-7-27-15/h3-4,7-9,12H,5-6,10-11,20H2,1-2H3,(H,21,23). The third kappa shape index (κ3) is 3.90. The van der Waals surface area contributed by atoms with E-state index in [1.54, 1.807) is 29.2 Å². The first-order valence-electron chi connectivity index (χ1n) is 8.67. The minimum atomic E-state index is -0.456. The number of carbonyl (C=O) groups excluding carboxylic acids is 2. The summed E-state index contributed by atoms with van der Waals surface area (Å²) in [5, 5.41) is 2.73. The lowest BCUT2D eigenvalue weighted by molar-refractivity contribution is 0.0788. The van der Waals surface area contributed by atoms with Crippen molar-refractivity contribution in [1.29, 1.82) is 0 Å². The average Bonchev–Trinajstić information content (AvgIpc) is 3.38. The van der Waals surface area contributed by atoms with E-state index in [4.69, 9.17) is 19.6 Å². The van der Waals surface area contributed by atoms with Crippen LogP contribution in [0.5, 0.6) is 11.5 Å². The molecule has 3 rings (SSSR count). The Bertz CT molecular complexity index is 819. The second-order valence-electron chi connectivity index (χ2n) is 6.33. The quantitative estimate of drug-likeness (QED) is 0.802. The molecule has 1 aliphatic rings. The van der Waals surface area contributed by atoms with Crippen molar-refractivity contribution in [2.75, 3.05) is 39.2 Å². The van der Waals surface area contributed by atoms with Crippen molar-refractivity contribution < 1.29 is 23.5 Å². The van der Waals surface area contributed by atoms with Crippen molar-refractivity contribution >= 4 is 17.5 Å². The first kappa shape index (κ1) is 18.8. The predicted molar refractivity (Wildman–Crippen MR) is 99.3 cm³/mol. The topological polar surface area (TPSA) is 107 Å². The van der Waals surface area contributed by atoms with Gasteiger partial charge in [-0.05, 0) is 37.1 Å². The highest BCUT2D eigenvalue weighted by atomic mass is 16.5. The van der Waals surface area contributed by atoms with Gasteiger partial charge in [0.05, 0.1) is 31.7 Å². The van der Waals surface area contributed by atoms with Crippen LogP contribution in [0.2, 0.25) is 0 Å². The van der Waals surface area contributed by atoms with Crippen molar-refractivity contribution in [2.24, 2.45) is 11.7 Å². The molecule has 0 aliphatic carbocycles. The maximum Gasteiger partial charge on any atom is 0.291 e. The molecule has 1 saturated heterocycles. The largest absolute Gasteiger partial charge is 0.493 e. The van der Waals surface area contributed by atoms with Gasteiger partial charge in [-0.1, -0.05) is 0 Å². The number of nitrogens with zero attached hydrogens (tertiary/aromatic N) is 1. The van der Waals surface area contributed by atoms with Gasteiger partial charge in [0, 0.05) is 19.2 Å². The minimum Gasteiger partial charge on any atom is -0.493 e. The van der Waals surface area contributed by atoms with E-state index in [1.165, 1.54) is 20.5 Å². The molecule has 27 heavy (non-hydrogen) atoms. The molecule has 1 aliphatic heterocycles. The van der Waals surface area contributed by atoms with Crippen molar-refractivity contribution in [2.45, 2.75) is 6.42 Å². The summed E-state index contributed by atoms with van der Waals surface area (Å²) >= 11 is 0. The summed E-state index contributed by atoms with van der Waals surface area (Å²) in [6.45, 7) is 1.76. The molecule has 1 fully saturated rings. The zero-order chi connectivity index (χ0) is 19.4. The zero-order valence-electron chi connectivity index (χ0n) is 15.4. The van der Waals surface area contributed by atoms with Crippen LogP contribution >= 0.6 is 0 Å². The molecule has 1 aromatic carbocycles. The maximum absolute atomic E-state index is 13.1. The number of hydrogen-bond acceptors (Lipinski definition) is 6. The number of carbonyl (C=O) groups is 2. The van der Waals surface area contributed by atoms with Crippen LogP contribution in [0, 0.1) is 5.92 Å². The molecule has 144 valence electrons. The molecular formula is C19H23N3O5. The second kappa shape index (κ2) is 8.13. The maximum atomic E-state index is 13.1. The molecule has 1 unspecified atom stereocenters. The van der Waals surface area contributed by atoms with Gasteiger partial charge < -0.3 is 29.8 Å². The summed E-state index contributed by atoms with van der Waals surface area (Å²) in [6.07, 6.45) is 2.27. The van der Waals surface area contributed by atoms with Crippen molar-refractivity contribution in [1.82, 2.24) is 4.90 Å².